The summed E-state index contributed by atoms with van der Waals surface area (Å²) in [5.41, 5.74) is 4.18. The minimum absolute atomic E-state index is 0.132. The van der Waals surface area contributed by atoms with E-state index in [-0.39, 0.29) is 4.90 Å². The van der Waals surface area contributed by atoms with Crippen LogP contribution in [-0.2, 0) is 15.5 Å². The van der Waals surface area contributed by atoms with Gasteiger partial charge in [0.2, 0.25) is 0 Å². The SMILES string of the molecule is Cc1cc(S(=O)(=O)Cl)c(C)cc1OCCc1scnc1C. The number of ether oxygens (including phenoxy) is 1. The average molecular weight is 346 g/mol. The molecule has 114 valence electrons. The van der Waals surface area contributed by atoms with Crippen LogP contribution in [-0.4, -0.2) is 20.0 Å². The van der Waals surface area contributed by atoms with Crippen LogP contribution in [0.3, 0.4) is 0 Å². The van der Waals surface area contributed by atoms with Crippen molar-refractivity contribution in [3.05, 3.63) is 39.3 Å². The Labute approximate surface area is 133 Å². The van der Waals surface area contributed by atoms with Gasteiger partial charge in [-0.25, -0.2) is 13.4 Å². The number of nitrogens with zero attached hydrogens (tertiary/aromatic N) is 1. The number of benzene rings is 1. The van der Waals surface area contributed by atoms with E-state index in [4.69, 9.17) is 15.4 Å². The molecule has 7 heteroatoms. The zero-order valence-electron chi connectivity index (χ0n) is 12.0. The topological polar surface area (TPSA) is 56.3 Å². The molecule has 0 aliphatic carbocycles. The lowest BCUT2D eigenvalue weighted by atomic mass is 10.1. The van der Waals surface area contributed by atoms with Crippen LogP contribution in [0.2, 0.25) is 0 Å². The molecule has 0 radical (unpaired) electrons. The lowest BCUT2D eigenvalue weighted by Gasteiger charge is -2.12. The van der Waals surface area contributed by atoms with Gasteiger partial charge in [0.05, 0.1) is 22.7 Å². The Bertz CT molecular complexity index is 754. The number of thiazole rings is 1. The Kier molecular flexibility index (Phi) is 4.91. The lowest BCUT2D eigenvalue weighted by Crippen LogP contribution is -2.04. The predicted octanol–water partition coefficient (Wildman–Crippen LogP) is 3.62. The van der Waals surface area contributed by atoms with Gasteiger partial charge in [0.15, 0.2) is 0 Å². The molecule has 0 atom stereocenters. The molecule has 0 amide bonds. The van der Waals surface area contributed by atoms with Crippen LogP contribution in [0, 0.1) is 20.8 Å². The second kappa shape index (κ2) is 6.34. The molecule has 2 aromatic rings. The normalized spacial score (nSPS) is 11.6. The van der Waals surface area contributed by atoms with Crippen molar-refractivity contribution < 1.29 is 13.2 Å². The molecule has 0 fully saturated rings. The van der Waals surface area contributed by atoms with Gasteiger partial charge in [-0.05, 0) is 44.0 Å². The van der Waals surface area contributed by atoms with Crippen molar-refractivity contribution in [3.8, 4) is 5.75 Å². The van der Waals surface area contributed by atoms with Gasteiger partial charge < -0.3 is 4.74 Å². The molecule has 1 aromatic carbocycles. The maximum Gasteiger partial charge on any atom is 0.261 e. The van der Waals surface area contributed by atoms with Crippen LogP contribution >= 0.6 is 22.0 Å². The van der Waals surface area contributed by atoms with E-state index in [1.807, 2.05) is 12.4 Å². The number of hydrogen-bond acceptors (Lipinski definition) is 5. The standard InChI is InChI=1S/C14H16ClNO3S2/c1-9-7-14(21(15,17)18)10(2)6-12(9)19-5-4-13-11(3)16-8-20-13/h6-8H,4-5H2,1-3H3. The van der Waals surface area contributed by atoms with Crippen molar-refractivity contribution in [2.45, 2.75) is 32.1 Å². The summed E-state index contributed by atoms with van der Waals surface area (Å²) >= 11 is 1.61. The third-order valence-electron chi connectivity index (χ3n) is 3.17. The van der Waals surface area contributed by atoms with Gasteiger partial charge in [-0.2, -0.15) is 0 Å². The second-order valence-electron chi connectivity index (χ2n) is 4.78. The first-order valence-corrected chi connectivity index (χ1v) is 9.55. The Morgan fingerprint density at radius 3 is 2.52 bits per heavy atom. The number of hydrogen-bond donors (Lipinski definition) is 0. The highest BCUT2D eigenvalue weighted by Gasteiger charge is 2.16. The fourth-order valence-corrected chi connectivity index (χ4v) is 4.02. The minimum Gasteiger partial charge on any atom is -0.493 e. The number of aryl methyl sites for hydroxylation is 3. The maximum absolute atomic E-state index is 11.4. The van der Waals surface area contributed by atoms with E-state index < -0.39 is 9.05 Å². The van der Waals surface area contributed by atoms with Crippen molar-refractivity contribution in [1.29, 1.82) is 0 Å². The maximum atomic E-state index is 11.4. The molecule has 0 bridgehead atoms. The molecular weight excluding hydrogens is 330 g/mol. The number of rotatable bonds is 5. The van der Waals surface area contributed by atoms with Crippen LogP contribution < -0.4 is 4.74 Å². The molecule has 1 aromatic heterocycles. The van der Waals surface area contributed by atoms with Crippen molar-refractivity contribution in [3.63, 3.8) is 0 Å². The molecule has 0 saturated heterocycles. The lowest BCUT2D eigenvalue weighted by molar-refractivity contribution is 0.320. The summed E-state index contributed by atoms with van der Waals surface area (Å²) in [6, 6.07) is 3.26. The summed E-state index contributed by atoms with van der Waals surface area (Å²) in [5, 5.41) is 0. The fourth-order valence-electron chi connectivity index (χ4n) is 2.00. The molecule has 2 rings (SSSR count). The Morgan fingerprint density at radius 1 is 1.24 bits per heavy atom. The summed E-state index contributed by atoms with van der Waals surface area (Å²) in [6.45, 7) is 6.00. The van der Waals surface area contributed by atoms with Crippen molar-refractivity contribution in [2.75, 3.05) is 6.61 Å². The van der Waals surface area contributed by atoms with Gasteiger partial charge in [-0.3, -0.25) is 0 Å². The molecular formula is C14H16ClNO3S2. The van der Waals surface area contributed by atoms with Gasteiger partial charge in [-0.1, -0.05) is 0 Å². The van der Waals surface area contributed by atoms with E-state index in [1.165, 1.54) is 4.88 Å². The predicted molar refractivity (Wildman–Crippen MR) is 85.0 cm³/mol. The molecule has 0 saturated carbocycles. The van der Waals surface area contributed by atoms with Crippen molar-refractivity contribution in [1.82, 2.24) is 4.98 Å². The quantitative estimate of drug-likeness (QED) is 0.777. The first-order chi connectivity index (χ1) is 9.79. The molecule has 0 aliphatic rings. The van der Waals surface area contributed by atoms with Crippen LogP contribution in [0.15, 0.2) is 22.5 Å². The van der Waals surface area contributed by atoms with E-state index in [0.717, 1.165) is 17.7 Å². The van der Waals surface area contributed by atoms with Crippen LogP contribution in [0.5, 0.6) is 5.75 Å². The first-order valence-electron chi connectivity index (χ1n) is 6.36. The van der Waals surface area contributed by atoms with E-state index in [0.29, 0.717) is 17.9 Å². The highest BCUT2D eigenvalue weighted by molar-refractivity contribution is 8.13. The Morgan fingerprint density at radius 2 is 1.95 bits per heavy atom. The van der Waals surface area contributed by atoms with Gasteiger partial charge in [0, 0.05) is 22.0 Å². The smallest absolute Gasteiger partial charge is 0.261 e. The first kappa shape index (κ1) is 16.3. The minimum atomic E-state index is -3.72. The molecule has 0 aliphatic heterocycles. The van der Waals surface area contributed by atoms with Gasteiger partial charge >= 0.3 is 0 Å². The summed E-state index contributed by atoms with van der Waals surface area (Å²) < 4.78 is 28.6. The molecule has 0 spiro atoms. The van der Waals surface area contributed by atoms with E-state index in [9.17, 15) is 8.42 Å². The zero-order chi connectivity index (χ0) is 15.6. The zero-order valence-corrected chi connectivity index (χ0v) is 14.4. The second-order valence-corrected chi connectivity index (χ2v) is 8.25. The molecule has 1 heterocycles. The highest BCUT2D eigenvalue weighted by atomic mass is 35.7. The van der Waals surface area contributed by atoms with E-state index in [1.54, 1.807) is 37.3 Å². The molecule has 0 N–H and O–H groups in total. The molecule has 21 heavy (non-hydrogen) atoms. The van der Waals surface area contributed by atoms with Crippen LogP contribution in [0.25, 0.3) is 0 Å². The van der Waals surface area contributed by atoms with Crippen LogP contribution in [0.4, 0.5) is 0 Å². The highest BCUT2D eigenvalue weighted by Crippen LogP contribution is 2.28. The average Bonchev–Trinajstić information content (AvgIpc) is 2.77. The molecule has 4 nitrogen and oxygen atoms in total. The third kappa shape index (κ3) is 3.96. The monoisotopic (exact) mass is 345 g/mol. The van der Waals surface area contributed by atoms with Gasteiger partial charge in [0.1, 0.15) is 5.75 Å². The summed E-state index contributed by atoms with van der Waals surface area (Å²) in [6.07, 6.45) is 0.782. The van der Waals surface area contributed by atoms with Crippen LogP contribution in [0.1, 0.15) is 21.7 Å². The number of aromatic nitrogens is 1. The van der Waals surface area contributed by atoms with Crippen molar-refractivity contribution >= 4 is 31.1 Å². The summed E-state index contributed by atoms with van der Waals surface area (Å²) in [4.78, 5) is 5.52. The summed E-state index contributed by atoms with van der Waals surface area (Å²) in [7, 11) is 1.68. The fraction of sp³-hybridized carbons (Fsp3) is 0.357. The van der Waals surface area contributed by atoms with E-state index in [2.05, 4.69) is 4.98 Å². The largest absolute Gasteiger partial charge is 0.493 e. The van der Waals surface area contributed by atoms with Gasteiger partial charge in [-0.15, -0.1) is 11.3 Å². The number of halogens is 1. The van der Waals surface area contributed by atoms with Crippen molar-refractivity contribution in [2.24, 2.45) is 0 Å². The van der Waals surface area contributed by atoms with Gasteiger partial charge in [0.25, 0.3) is 9.05 Å². The van der Waals surface area contributed by atoms with E-state index >= 15 is 0 Å². The Hall–Kier alpha value is -1.11. The third-order valence-corrected chi connectivity index (χ3v) is 5.63. The Balaban J connectivity index is 2.11. The molecule has 0 unspecified atom stereocenters. The summed E-state index contributed by atoms with van der Waals surface area (Å²) in [5.74, 6) is 0.679.